The van der Waals surface area contributed by atoms with Gasteiger partial charge in [-0.15, -0.1) is 5.10 Å². The van der Waals surface area contributed by atoms with Gasteiger partial charge in [0.15, 0.2) is 0 Å². The van der Waals surface area contributed by atoms with Gasteiger partial charge in [-0.05, 0) is 51.8 Å². The van der Waals surface area contributed by atoms with Gasteiger partial charge < -0.3 is 9.47 Å². The van der Waals surface area contributed by atoms with Gasteiger partial charge >= 0.3 is 5.97 Å². The van der Waals surface area contributed by atoms with Crippen molar-refractivity contribution in [1.82, 2.24) is 14.7 Å². The van der Waals surface area contributed by atoms with Gasteiger partial charge in [0.25, 0.3) is 0 Å². The number of aromatic nitrogens is 2. The fourth-order valence-corrected chi connectivity index (χ4v) is 3.75. The van der Waals surface area contributed by atoms with E-state index in [1.54, 1.807) is 7.11 Å². The second-order valence-corrected chi connectivity index (χ2v) is 8.62. The van der Waals surface area contributed by atoms with Crippen molar-refractivity contribution in [2.45, 2.75) is 45.3 Å². The maximum atomic E-state index is 12.0. The first-order chi connectivity index (χ1) is 12.3. The van der Waals surface area contributed by atoms with Crippen molar-refractivity contribution >= 4 is 32.8 Å². The molecule has 1 fully saturated rings. The van der Waals surface area contributed by atoms with Gasteiger partial charge in [0.1, 0.15) is 5.60 Å². The van der Waals surface area contributed by atoms with Gasteiger partial charge in [-0.1, -0.05) is 15.9 Å². The molecule has 1 aromatic heterocycles. The molecular weight excluding hydrogens is 398 g/mol. The van der Waals surface area contributed by atoms with Crippen LogP contribution in [0.25, 0.3) is 10.9 Å². The molecule has 0 spiro atoms. The highest BCUT2D eigenvalue weighted by Gasteiger charge is 2.26. The average molecular weight is 424 g/mol. The number of piperidine rings is 1. The molecule has 2 heterocycles. The summed E-state index contributed by atoms with van der Waals surface area (Å²) in [5, 5.41) is 5.68. The van der Waals surface area contributed by atoms with Gasteiger partial charge in [0.05, 0.1) is 30.6 Å². The van der Waals surface area contributed by atoms with Crippen LogP contribution in [0.5, 0.6) is 5.88 Å². The lowest BCUT2D eigenvalue weighted by Gasteiger charge is -2.32. The highest BCUT2D eigenvalue weighted by molar-refractivity contribution is 9.10. The Labute approximate surface area is 162 Å². The first-order valence-corrected chi connectivity index (χ1v) is 9.72. The van der Waals surface area contributed by atoms with Crippen LogP contribution in [0.15, 0.2) is 22.7 Å². The van der Waals surface area contributed by atoms with Crippen molar-refractivity contribution < 1.29 is 14.3 Å². The number of hydrogen-bond donors (Lipinski definition) is 0. The number of benzene rings is 1. The number of fused-ring (bicyclic) bond motifs is 1. The van der Waals surface area contributed by atoms with Crippen LogP contribution in [-0.4, -0.2) is 53.0 Å². The van der Waals surface area contributed by atoms with Crippen LogP contribution in [0.2, 0.25) is 0 Å². The van der Waals surface area contributed by atoms with Gasteiger partial charge in [0, 0.05) is 17.6 Å². The highest BCUT2D eigenvalue weighted by Crippen LogP contribution is 2.33. The molecule has 1 aromatic carbocycles. The van der Waals surface area contributed by atoms with E-state index in [4.69, 9.17) is 9.47 Å². The number of rotatable bonds is 4. The van der Waals surface area contributed by atoms with Crippen LogP contribution in [0.4, 0.5) is 0 Å². The van der Waals surface area contributed by atoms with Gasteiger partial charge in [-0.2, -0.15) is 0 Å². The first-order valence-electron chi connectivity index (χ1n) is 8.93. The van der Waals surface area contributed by atoms with E-state index in [0.29, 0.717) is 18.5 Å². The quantitative estimate of drug-likeness (QED) is 0.700. The number of halogens is 1. The van der Waals surface area contributed by atoms with E-state index in [1.165, 1.54) is 0 Å². The molecule has 1 aliphatic heterocycles. The number of methoxy groups -OCH3 is 1. The molecule has 0 unspecified atom stereocenters. The number of nitrogens with zero attached hydrogens (tertiary/aromatic N) is 3. The molecule has 0 amide bonds. The van der Waals surface area contributed by atoms with Gasteiger partial charge in [-0.25, -0.2) is 0 Å². The molecule has 0 atom stereocenters. The van der Waals surface area contributed by atoms with Crippen molar-refractivity contribution in [2.24, 2.45) is 0 Å². The fraction of sp³-hybridized carbons (Fsp3) is 0.579. The molecule has 26 heavy (non-hydrogen) atoms. The second kappa shape index (κ2) is 7.56. The molecule has 6 nitrogen and oxygen atoms in total. The maximum absolute atomic E-state index is 12.0. The van der Waals surface area contributed by atoms with E-state index in [-0.39, 0.29) is 5.97 Å². The largest absolute Gasteiger partial charge is 0.479 e. The Balaban J connectivity index is 1.67. The van der Waals surface area contributed by atoms with Crippen LogP contribution in [0, 0.1) is 0 Å². The Morgan fingerprint density at radius 3 is 2.62 bits per heavy atom. The van der Waals surface area contributed by atoms with Crippen LogP contribution >= 0.6 is 15.9 Å². The summed E-state index contributed by atoms with van der Waals surface area (Å²) in [6, 6.07) is 6.44. The van der Waals surface area contributed by atoms with Gasteiger partial charge in [-0.3, -0.25) is 14.4 Å². The molecule has 142 valence electrons. The summed E-state index contributed by atoms with van der Waals surface area (Å²) in [7, 11) is 1.65. The molecule has 1 aliphatic rings. The van der Waals surface area contributed by atoms with E-state index in [9.17, 15) is 4.79 Å². The molecule has 7 heteroatoms. The summed E-state index contributed by atoms with van der Waals surface area (Å²) < 4.78 is 14.0. The number of carbonyl (C=O) groups is 1. The van der Waals surface area contributed by atoms with E-state index >= 15 is 0 Å². The van der Waals surface area contributed by atoms with Crippen molar-refractivity contribution in [3.63, 3.8) is 0 Å². The standard InChI is InChI=1S/C19H26BrN3O3/c1-19(2,3)26-17(24)12-22-9-7-14(8-10-22)23-16-6-5-13(20)11-15(16)18(21-23)25-4/h5-6,11,14H,7-10,12H2,1-4H3. The Morgan fingerprint density at radius 1 is 1.31 bits per heavy atom. The number of esters is 1. The minimum atomic E-state index is -0.436. The van der Waals surface area contributed by atoms with E-state index in [0.717, 1.165) is 41.3 Å². The average Bonchev–Trinajstić information content (AvgIpc) is 2.91. The third kappa shape index (κ3) is 4.38. The Bertz CT molecular complexity index is 789. The predicted octanol–water partition coefficient (Wildman–Crippen LogP) is 3.79. The molecule has 3 rings (SSSR count). The monoisotopic (exact) mass is 423 g/mol. The lowest BCUT2D eigenvalue weighted by molar-refractivity contribution is -0.156. The van der Waals surface area contributed by atoms with E-state index in [2.05, 4.69) is 36.7 Å². The molecule has 0 N–H and O–H groups in total. The molecule has 0 bridgehead atoms. The van der Waals surface area contributed by atoms with Crippen molar-refractivity contribution in [1.29, 1.82) is 0 Å². The number of ether oxygens (including phenoxy) is 2. The Kier molecular flexibility index (Phi) is 5.58. The lowest BCUT2D eigenvalue weighted by Crippen LogP contribution is -2.40. The van der Waals surface area contributed by atoms with Crippen molar-refractivity contribution in [2.75, 3.05) is 26.7 Å². The normalized spacial score (nSPS) is 16.8. The molecule has 1 saturated heterocycles. The van der Waals surface area contributed by atoms with Crippen LogP contribution in [0.1, 0.15) is 39.7 Å². The Hall–Kier alpha value is -1.60. The van der Waals surface area contributed by atoms with E-state index in [1.807, 2.05) is 32.9 Å². The fourth-order valence-electron chi connectivity index (χ4n) is 3.39. The lowest BCUT2D eigenvalue weighted by atomic mass is 10.0. The van der Waals surface area contributed by atoms with Crippen LogP contribution < -0.4 is 4.74 Å². The number of likely N-dealkylation sites (tertiary alicyclic amines) is 1. The van der Waals surface area contributed by atoms with Crippen LogP contribution in [-0.2, 0) is 9.53 Å². The molecule has 0 radical (unpaired) electrons. The molecular formula is C19H26BrN3O3. The highest BCUT2D eigenvalue weighted by atomic mass is 79.9. The van der Waals surface area contributed by atoms with E-state index < -0.39 is 5.60 Å². The Morgan fingerprint density at radius 2 is 2.00 bits per heavy atom. The summed E-state index contributed by atoms with van der Waals surface area (Å²) in [5.74, 6) is 0.490. The molecule has 0 aliphatic carbocycles. The summed E-state index contributed by atoms with van der Waals surface area (Å²) in [4.78, 5) is 14.2. The number of carbonyl (C=O) groups excluding carboxylic acids is 1. The first kappa shape index (κ1) is 19.2. The smallest absolute Gasteiger partial charge is 0.320 e. The SMILES string of the molecule is COc1nn(C2CCN(CC(=O)OC(C)(C)C)CC2)c2ccc(Br)cc12. The third-order valence-electron chi connectivity index (χ3n) is 4.50. The maximum Gasteiger partial charge on any atom is 0.320 e. The van der Waals surface area contributed by atoms with Gasteiger partial charge in [0.2, 0.25) is 5.88 Å². The summed E-state index contributed by atoms with van der Waals surface area (Å²) in [6.45, 7) is 7.73. The molecule has 0 saturated carbocycles. The number of hydrogen-bond acceptors (Lipinski definition) is 5. The second-order valence-electron chi connectivity index (χ2n) is 7.71. The summed E-state index contributed by atoms with van der Waals surface area (Å²) in [6.07, 6.45) is 1.89. The van der Waals surface area contributed by atoms with Crippen molar-refractivity contribution in [3.05, 3.63) is 22.7 Å². The van der Waals surface area contributed by atoms with Crippen molar-refractivity contribution in [3.8, 4) is 5.88 Å². The topological polar surface area (TPSA) is 56.6 Å². The minimum absolute atomic E-state index is 0.160. The van der Waals surface area contributed by atoms with Crippen LogP contribution in [0.3, 0.4) is 0 Å². The summed E-state index contributed by atoms with van der Waals surface area (Å²) >= 11 is 3.51. The zero-order valence-electron chi connectivity index (χ0n) is 15.8. The molecule has 2 aromatic rings. The third-order valence-corrected chi connectivity index (χ3v) is 5.00. The summed E-state index contributed by atoms with van der Waals surface area (Å²) in [5.41, 5.74) is 0.643. The zero-order valence-corrected chi connectivity index (χ0v) is 17.4. The minimum Gasteiger partial charge on any atom is -0.479 e. The zero-order chi connectivity index (χ0) is 18.9. The predicted molar refractivity (Wildman–Crippen MR) is 105 cm³/mol.